The number of nitrogens with one attached hydrogen (secondary N) is 1. The fraction of sp³-hybridized carbons (Fsp3) is 0.105. The number of hydrogen-bond acceptors (Lipinski definition) is 6. The second kappa shape index (κ2) is 8.57. The minimum atomic E-state index is -4.47. The summed E-state index contributed by atoms with van der Waals surface area (Å²) in [5.74, 6) is -0.514. The summed E-state index contributed by atoms with van der Waals surface area (Å²) in [6.07, 6.45) is -2.38. The predicted octanol–water partition coefficient (Wildman–Crippen LogP) is 5.22. The molecule has 2 aromatic carbocycles. The lowest BCUT2D eigenvalue weighted by atomic mass is 10.1. The number of nitrogens with two attached hydrogens (primary N) is 1. The second-order valence-electron chi connectivity index (χ2n) is 5.88. The summed E-state index contributed by atoms with van der Waals surface area (Å²) in [5.41, 5.74) is 4.83. The molecule has 0 aliphatic rings. The van der Waals surface area contributed by atoms with Crippen LogP contribution < -0.4 is 15.8 Å². The topological polar surface area (TPSA) is 90.1 Å². The van der Waals surface area contributed by atoms with Gasteiger partial charge in [-0.2, -0.15) is 13.2 Å². The van der Waals surface area contributed by atoms with Gasteiger partial charge in [0.25, 0.3) is 0 Å². The fourth-order valence-corrected chi connectivity index (χ4v) is 2.86. The molecule has 0 saturated carbocycles. The molecule has 6 nitrogen and oxygen atoms in total. The molecule has 0 spiro atoms. The summed E-state index contributed by atoms with van der Waals surface area (Å²) in [7, 11) is 0. The number of anilines is 2. The van der Waals surface area contributed by atoms with Gasteiger partial charge in [0.05, 0.1) is 11.3 Å². The summed E-state index contributed by atoms with van der Waals surface area (Å²) < 4.78 is 57.5. The number of hydrogen-bond donors (Lipinski definition) is 2. The van der Waals surface area contributed by atoms with Crippen molar-refractivity contribution < 1.29 is 27.1 Å². The molecular formula is C19H14F4N4O2S. The molecule has 1 heterocycles. The number of rotatable bonds is 5. The Morgan fingerprint density at radius 1 is 1.17 bits per heavy atom. The van der Waals surface area contributed by atoms with E-state index in [0.29, 0.717) is 16.3 Å². The van der Waals surface area contributed by atoms with E-state index in [1.165, 1.54) is 42.2 Å². The van der Waals surface area contributed by atoms with Gasteiger partial charge in [0.2, 0.25) is 0 Å². The average molecular weight is 438 g/mol. The molecule has 0 saturated heterocycles. The zero-order valence-corrected chi connectivity index (χ0v) is 16.1. The highest BCUT2D eigenvalue weighted by molar-refractivity contribution is 7.98. The van der Waals surface area contributed by atoms with Crippen LogP contribution in [0.1, 0.15) is 5.56 Å². The van der Waals surface area contributed by atoms with Crippen LogP contribution in [0.3, 0.4) is 0 Å². The van der Waals surface area contributed by atoms with E-state index in [-0.39, 0.29) is 17.3 Å². The molecule has 3 N–H and O–H groups in total. The SMILES string of the molecule is CSc1ncc(-c2ccc(C(F)(F)F)cc2)c(Nc2cc(OC(N)=O)ccc2F)n1. The van der Waals surface area contributed by atoms with E-state index in [4.69, 9.17) is 10.5 Å². The highest BCUT2D eigenvalue weighted by Crippen LogP contribution is 2.34. The van der Waals surface area contributed by atoms with Gasteiger partial charge in [-0.3, -0.25) is 0 Å². The lowest BCUT2D eigenvalue weighted by Crippen LogP contribution is -2.16. The van der Waals surface area contributed by atoms with Crippen LogP contribution in [-0.4, -0.2) is 22.3 Å². The highest BCUT2D eigenvalue weighted by Gasteiger charge is 2.30. The molecule has 0 bridgehead atoms. The Morgan fingerprint density at radius 2 is 1.87 bits per heavy atom. The summed E-state index contributed by atoms with van der Waals surface area (Å²) in [5, 5.41) is 3.14. The summed E-state index contributed by atoms with van der Waals surface area (Å²) >= 11 is 1.23. The van der Waals surface area contributed by atoms with Crippen LogP contribution in [-0.2, 0) is 6.18 Å². The zero-order chi connectivity index (χ0) is 21.9. The van der Waals surface area contributed by atoms with E-state index in [1.807, 2.05) is 0 Å². The number of amides is 1. The van der Waals surface area contributed by atoms with Crippen LogP contribution in [0.25, 0.3) is 11.1 Å². The molecule has 156 valence electrons. The van der Waals surface area contributed by atoms with Gasteiger partial charge in [-0.15, -0.1) is 0 Å². The maximum Gasteiger partial charge on any atom is 0.416 e. The van der Waals surface area contributed by atoms with Crippen molar-refractivity contribution in [3.05, 3.63) is 60.0 Å². The molecular weight excluding hydrogens is 424 g/mol. The first kappa shape index (κ1) is 21.4. The number of halogens is 4. The summed E-state index contributed by atoms with van der Waals surface area (Å²) in [6, 6.07) is 7.90. The van der Waals surface area contributed by atoms with Crippen LogP contribution in [0, 0.1) is 5.82 Å². The van der Waals surface area contributed by atoms with Crippen molar-refractivity contribution in [2.75, 3.05) is 11.6 Å². The van der Waals surface area contributed by atoms with E-state index in [0.717, 1.165) is 18.2 Å². The number of ether oxygens (including phenoxy) is 1. The van der Waals surface area contributed by atoms with Crippen molar-refractivity contribution in [2.24, 2.45) is 5.73 Å². The van der Waals surface area contributed by atoms with Gasteiger partial charge in [0.1, 0.15) is 17.4 Å². The van der Waals surface area contributed by atoms with E-state index in [9.17, 15) is 22.4 Å². The number of carbonyl (C=O) groups excluding carboxylic acids is 1. The van der Waals surface area contributed by atoms with E-state index in [2.05, 4.69) is 15.3 Å². The van der Waals surface area contributed by atoms with Crippen molar-refractivity contribution in [3.8, 4) is 16.9 Å². The normalized spacial score (nSPS) is 11.2. The van der Waals surface area contributed by atoms with Crippen LogP contribution in [0.15, 0.2) is 53.8 Å². The van der Waals surface area contributed by atoms with E-state index >= 15 is 0 Å². The number of nitrogens with zero attached hydrogens (tertiary/aromatic N) is 2. The van der Waals surface area contributed by atoms with Crippen LogP contribution in [0.2, 0.25) is 0 Å². The van der Waals surface area contributed by atoms with Gasteiger partial charge < -0.3 is 15.8 Å². The van der Waals surface area contributed by atoms with Gasteiger partial charge in [-0.25, -0.2) is 19.2 Å². The monoisotopic (exact) mass is 438 g/mol. The molecule has 1 aromatic heterocycles. The van der Waals surface area contributed by atoms with Gasteiger partial charge in [0, 0.05) is 17.8 Å². The Kier molecular flexibility index (Phi) is 6.11. The third kappa shape index (κ3) is 4.98. The lowest BCUT2D eigenvalue weighted by Gasteiger charge is -2.14. The molecule has 0 aliphatic carbocycles. The minimum absolute atomic E-state index is 0.00151. The molecule has 0 radical (unpaired) electrons. The predicted molar refractivity (Wildman–Crippen MR) is 104 cm³/mol. The standard InChI is InChI=1S/C19H14F4N4O2S/c1-30-18-25-9-13(10-2-4-11(5-3-10)19(21,22)23)16(27-18)26-15-8-12(29-17(24)28)6-7-14(15)20/h2-9H,1H3,(H2,24,28)(H,25,26,27). The van der Waals surface area contributed by atoms with Crippen LogP contribution in [0.4, 0.5) is 33.9 Å². The van der Waals surface area contributed by atoms with Gasteiger partial charge >= 0.3 is 12.3 Å². The molecule has 0 atom stereocenters. The Balaban J connectivity index is 2.02. The largest absolute Gasteiger partial charge is 0.416 e. The summed E-state index contributed by atoms with van der Waals surface area (Å²) in [4.78, 5) is 19.3. The highest BCUT2D eigenvalue weighted by atomic mass is 32.2. The molecule has 3 rings (SSSR count). The maximum absolute atomic E-state index is 14.3. The Bertz CT molecular complexity index is 1080. The Morgan fingerprint density at radius 3 is 2.47 bits per heavy atom. The van der Waals surface area contributed by atoms with Crippen molar-refractivity contribution in [1.82, 2.24) is 9.97 Å². The summed E-state index contributed by atoms with van der Waals surface area (Å²) in [6.45, 7) is 0. The molecule has 1 amide bonds. The minimum Gasteiger partial charge on any atom is -0.410 e. The molecule has 0 fully saturated rings. The first-order valence-electron chi connectivity index (χ1n) is 8.30. The number of aromatic nitrogens is 2. The number of thioether (sulfide) groups is 1. The first-order valence-corrected chi connectivity index (χ1v) is 9.52. The number of carbonyl (C=O) groups is 1. The van der Waals surface area contributed by atoms with Gasteiger partial charge in [-0.1, -0.05) is 23.9 Å². The molecule has 0 aliphatic heterocycles. The lowest BCUT2D eigenvalue weighted by molar-refractivity contribution is -0.137. The van der Waals surface area contributed by atoms with E-state index < -0.39 is 23.7 Å². The third-order valence-electron chi connectivity index (χ3n) is 3.88. The van der Waals surface area contributed by atoms with Crippen molar-refractivity contribution in [2.45, 2.75) is 11.3 Å². The van der Waals surface area contributed by atoms with Crippen molar-refractivity contribution in [3.63, 3.8) is 0 Å². The zero-order valence-electron chi connectivity index (χ0n) is 15.3. The van der Waals surface area contributed by atoms with Gasteiger partial charge in [0.15, 0.2) is 5.16 Å². The number of primary amides is 1. The Hall–Kier alpha value is -3.34. The molecule has 3 aromatic rings. The first-order chi connectivity index (χ1) is 14.2. The smallest absolute Gasteiger partial charge is 0.410 e. The second-order valence-corrected chi connectivity index (χ2v) is 6.66. The van der Waals surface area contributed by atoms with Crippen molar-refractivity contribution >= 4 is 29.4 Å². The number of alkyl halides is 3. The van der Waals surface area contributed by atoms with E-state index in [1.54, 1.807) is 6.26 Å². The molecule has 0 unspecified atom stereocenters. The maximum atomic E-state index is 14.3. The van der Waals surface area contributed by atoms with Crippen LogP contribution in [0.5, 0.6) is 5.75 Å². The third-order valence-corrected chi connectivity index (χ3v) is 4.44. The average Bonchev–Trinajstić information content (AvgIpc) is 2.69. The quantitative estimate of drug-likeness (QED) is 0.322. The van der Waals surface area contributed by atoms with Crippen molar-refractivity contribution in [1.29, 1.82) is 0 Å². The number of benzene rings is 2. The fourth-order valence-electron chi connectivity index (χ4n) is 2.52. The molecule has 30 heavy (non-hydrogen) atoms. The van der Waals surface area contributed by atoms with Crippen LogP contribution >= 0.6 is 11.8 Å². The molecule has 11 heteroatoms. The Labute approximate surface area is 172 Å². The van der Waals surface area contributed by atoms with Gasteiger partial charge in [-0.05, 0) is 36.1 Å².